The van der Waals surface area contributed by atoms with Gasteiger partial charge < -0.3 is 19.7 Å². The van der Waals surface area contributed by atoms with Crippen LogP contribution >= 0.6 is 0 Å². The van der Waals surface area contributed by atoms with Gasteiger partial charge in [-0.1, -0.05) is 32.9 Å². The van der Waals surface area contributed by atoms with Crippen molar-refractivity contribution in [3.05, 3.63) is 29.8 Å². The van der Waals surface area contributed by atoms with Crippen LogP contribution < -0.4 is 0 Å². The molecule has 7 nitrogen and oxygen atoms in total. The van der Waals surface area contributed by atoms with E-state index >= 15 is 0 Å². The summed E-state index contributed by atoms with van der Waals surface area (Å²) in [6.45, 7) is 9.71. The third-order valence-corrected chi connectivity index (χ3v) is 4.63. The Morgan fingerprint density at radius 3 is 2.03 bits per heavy atom. The van der Waals surface area contributed by atoms with Gasteiger partial charge >= 0.3 is 17.9 Å². The molecule has 1 unspecified atom stereocenters. The molecular formula is C22H34O7. The Morgan fingerprint density at radius 1 is 1.00 bits per heavy atom. The number of rotatable bonds is 10. The highest BCUT2D eigenvalue weighted by Crippen LogP contribution is 2.21. The summed E-state index contributed by atoms with van der Waals surface area (Å²) in [6, 6.07) is 7.43. The molecule has 0 aromatic heterocycles. The van der Waals surface area contributed by atoms with Gasteiger partial charge in [0.15, 0.2) is 0 Å². The number of carbonyl (C=O) groups is 3. The van der Waals surface area contributed by atoms with Gasteiger partial charge in [0.25, 0.3) is 0 Å². The lowest BCUT2D eigenvalue weighted by Crippen LogP contribution is -2.27. The lowest BCUT2D eigenvalue weighted by atomic mass is 9.91. The number of carbonyl (C=O) groups excluding carboxylic acids is 2. The Hall–Kier alpha value is -2.57. The molecule has 1 rings (SSSR count). The van der Waals surface area contributed by atoms with Crippen LogP contribution in [0.4, 0.5) is 0 Å². The Labute approximate surface area is 173 Å². The number of ether oxygens (including phenoxy) is 2. The summed E-state index contributed by atoms with van der Waals surface area (Å²) in [7, 11) is 0. The fourth-order valence-corrected chi connectivity index (χ4v) is 1.95. The van der Waals surface area contributed by atoms with Crippen LogP contribution in [0.1, 0.15) is 71.8 Å². The summed E-state index contributed by atoms with van der Waals surface area (Å²) in [5.41, 5.74) is 0.748. The highest BCUT2D eigenvalue weighted by Gasteiger charge is 2.26. The van der Waals surface area contributed by atoms with E-state index in [0.717, 1.165) is 6.42 Å². The second-order valence-corrected chi connectivity index (χ2v) is 7.39. The average Bonchev–Trinajstić information content (AvgIpc) is 2.69. The van der Waals surface area contributed by atoms with Crippen LogP contribution in [-0.4, -0.2) is 41.3 Å². The van der Waals surface area contributed by atoms with E-state index in [1.54, 1.807) is 26.0 Å². The van der Waals surface area contributed by atoms with E-state index in [4.69, 9.17) is 19.7 Å². The number of benzene rings is 1. The van der Waals surface area contributed by atoms with Crippen molar-refractivity contribution in [1.29, 1.82) is 0 Å². The molecule has 29 heavy (non-hydrogen) atoms. The molecule has 1 aromatic rings. The first-order chi connectivity index (χ1) is 13.5. The van der Waals surface area contributed by atoms with Gasteiger partial charge in [-0.25, -0.2) is 0 Å². The van der Waals surface area contributed by atoms with Gasteiger partial charge in [0, 0.05) is 0 Å². The van der Waals surface area contributed by atoms with Gasteiger partial charge in [-0.05, 0) is 50.3 Å². The summed E-state index contributed by atoms with van der Waals surface area (Å²) >= 11 is 0. The molecule has 0 radical (unpaired) electrons. The molecule has 0 fully saturated rings. The molecule has 0 aliphatic rings. The number of phenolic OH excluding ortho intramolecular Hbond substituents is 1. The first kappa shape index (κ1) is 26.4. The molecule has 164 valence electrons. The largest absolute Gasteiger partial charge is 0.508 e. The van der Waals surface area contributed by atoms with Gasteiger partial charge in [-0.15, -0.1) is 0 Å². The highest BCUT2D eigenvalue weighted by molar-refractivity contribution is 5.77. The summed E-state index contributed by atoms with van der Waals surface area (Å²) in [4.78, 5) is 32.7. The molecule has 7 heteroatoms. The molecule has 2 N–H and O–H groups in total. The molecule has 1 atom stereocenters. The minimum absolute atomic E-state index is 0.0128. The zero-order valence-electron chi connectivity index (χ0n) is 18.1. The minimum atomic E-state index is -1.05. The van der Waals surface area contributed by atoms with Crippen molar-refractivity contribution < 1.29 is 34.1 Å². The molecule has 0 aliphatic heterocycles. The quantitative estimate of drug-likeness (QED) is 0.437. The predicted molar refractivity (Wildman–Crippen MR) is 110 cm³/mol. The number of esters is 2. The van der Waals surface area contributed by atoms with Crippen LogP contribution in [0.2, 0.25) is 0 Å². The standard InChI is InChI=1S/C12H20O6.C10H14O/c1-4-12(2,3)11(16)18-8-7-17-10(15)6-5-9(13)14;1-3-8(2)9-4-6-10(11)7-5-9/h4-8H2,1-3H3,(H,13,14);4-8,11H,3H2,1-2H3. The smallest absolute Gasteiger partial charge is 0.311 e. The molecule has 0 saturated heterocycles. The second kappa shape index (κ2) is 13.6. The Kier molecular flexibility index (Phi) is 12.4. The van der Waals surface area contributed by atoms with Crippen molar-refractivity contribution in [2.45, 2.75) is 66.2 Å². The zero-order valence-corrected chi connectivity index (χ0v) is 18.1. The van der Waals surface area contributed by atoms with Crippen LogP contribution in [0.5, 0.6) is 5.75 Å². The first-order valence-corrected chi connectivity index (χ1v) is 9.87. The van der Waals surface area contributed by atoms with E-state index < -0.39 is 17.4 Å². The monoisotopic (exact) mass is 410 g/mol. The lowest BCUT2D eigenvalue weighted by Gasteiger charge is -2.20. The van der Waals surface area contributed by atoms with Crippen LogP contribution in [-0.2, 0) is 23.9 Å². The summed E-state index contributed by atoms with van der Waals surface area (Å²) in [5, 5.41) is 17.4. The minimum Gasteiger partial charge on any atom is -0.508 e. The summed E-state index contributed by atoms with van der Waals surface area (Å²) in [6.07, 6.45) is 1.36. The maximum absolute atomic E-state index is 11.5. The predicted octanol–water partition coefficient (Wildman–Crippen LogP) is 4.28. The maximum Gasteiger partial charge on any atom is 0.311 e. The highest BCUT2D eigenvalue weighted by atomic mass is 16.6. The Morgan fingerprint density at radius 2 is 1.55 bits per heavy atom. The van der Waals surface area contributed by atoms with Gasteiger partial charge in [0.2, 0.25) is 0 Å². The third-order valence-electron chi connectivity index (χ3n) is 4.63. The van der Waals surface area contributed by atoms with Crippen LogP contribution in [0.15, 0.2) is 24.3 Å². The third kappa shape index (κ3) is 11.8. The van der Waals surface area contributed by atoms with Gasteiger partial charge in [-0.2, -0.15) is 0 Å². The van der Waals surface area contributed by atoms with Crippen molar-refractivity contribution in [3.63, 3.8) is 0 Å². The molecule has 0 spiro atoms. The fraction of sp³-hybridized carbons (Fsp3) is 0.591. The molecular weight excluding hydrogens is 376 g/mol. The number of aromatic hydroxyl groups is 1. The second-order valence-electron chi connectivity index (χ2n) is 7.39. The SMILES string of the molecule is CCC(C)(C)C(=O)OCCOC(=O)CCC(=O)O.CCC(C)c1ccc(O)cc1. The number of hydrogen-bond acceptors (Lipinski definition) is 6. The van der Waals surface area contributed by atoms with Crippen molar-refractivity contribution >= 4 is 17.9 Å². The van der Waals surface area contributed by atoms with Crippen LogP contribution in [0.25, 0.3) is 0 Å². The van der Waals surface area contributed by atoms with Crippen LogP contribution in [0, 0.1) is 5.41 Å². The Bertz CT molecular complexity index is 635. The lowest BCUT2D eigenvalue weighted by molar-refractivity contribution is -0.159. The Balaban J connectivity index is 0.000000604. The van der Waals surface area contributed by atoms with Crippen molar-refractivity contribution in [2.24, 2.45) is 5.41 Å². The van der Waals surface area contributed by atoms with Crippen molar-refractivity contribution in [1.82, 2.24) is 0 Å². The number of carboxylic acids is 1. The average molecular weight is 411 g/mol. The number of aliphatic carboxylic acids is 1. The van der Waals surface area contributed by atoms with E-state index in [2.05, 4.69) is 13.8 Å². The normalized spacial score (nSPS) is 11.6. The van der Waals surface area contributed by atoms with Crippen molar-refractivity contribution in [3.8, 4) is 5.75 Å². The molecule has 0 bridgehead atoms. The van der Waals surface area contributed by atoms with E-state index in [9.17, 15) is 14.4 Å². The van der Waals surface area contributed by atoms with Gasteiger partial charge in [-0.3, -0.25) is 14.4 Å². The molecule has 0 heterocycles. The molecule has 0 amide bonds. The number of hydrogen-bond donors (Lipinski definition) is 2. The van der Waals surface area contributed by atoms with Gasteiger partial charge in [0.05, 0.1) is 18.3 Å². The van der Waals surface area contributed by atoms with E-state index in [1.165, 1.54) is 5.56 Å². The van der Waals surface area contributed by atoms with E-state index in [1.807, 2.05) is 19.1 Å². The zero-order chi connectivity index (χ0) is 22.4. The molecule has 1 aromatic carbocycles. The van der Waals surface area contributed by atoms with Crippen LogP contribution in [0.3, 0.4) is 0 Å². The number of phenols is 1. The molecule has 0 aliphatic carbocycles. The summed E-state index contributed by atoms with van der Waals surface area (Å²) < 4.78 is 9.65. The molecule has 0 saturated carbocycles. The van der Waals surface area contributed by atoms with Crippen molar-refractivity contribution in [2.75, 3.05) is 13.2 Å². The van der Waals surface area contributed by atoms with E-state index in [0.29, 0.717) is 18.1 Å². The van der Waals surface area contributed by atoms with E-state index in [-0.39, 0.29) is 32.0 Å². The number of carboxylic acid groups (broad SMARTS) is 1. The fourth-order valence-electron chi connectivity index (χ4n) is 1.95. The first-order valence-electron chi connectivity index (χ1n) is 9.87. The van der Waals surface area contributed by atoms with Gasteiger partial charge in [0.1, 0.15) is 19.0 Å². The maximum atomic E-state index is 11.5. The summed E-state index contributed by atoms with van der Waals surface area (Å²) in [5.74, 6) is -1.06. The topological polar surface area (TPSA) is 110 Å².